The van der Waals surface area contributed by atoms with E-state index < -0.39 is 143 Å². The number of aromatic nitrogens is 7. The molecule has 7 aromatic rings. The summed E-state index contributed by atoms with van der Waals surface area (Å²) in [6, 6.07) is 17.3. The van der Waals surface area contributed by atoms with Crippen LogP contribution in [-0.2, 0) is 149 Å². The van der Waals surface area contributed by atoms with Gasteiger partial charge in [0.1, 0.15) is 48.5 Å². The number of methoxy groups -OCH3 is 1. The molecule has 3 aromatic carbocycles. The van der Waals surface area contributed by atoms with E-state index in [1.165, 1.54) is 47.3 Å². The van der Waals surface area contributed by atoms with E-state index in [0.717, 1.165) is 68.3 Å². The van der Waals surface area contributed by atoms with Gasteiger partial charge < -0.3 is 122 Å². The molecule has 0 spiro atoms. The average molecular weight is 2140 g/mol. The number of carboxylic acids is 2. The molecule has 1 saturated heterocycles. The van der Waals surface area contributed by atoms with Gasteiger partial charge in [-0.05, 0) is 159 Å². The molecule has 4 bridgehead atoms. The predicted octanol–water partition coefficient (Wildman–Crippen LogP) is 5.97. The van der Waals surface area contributed by atoms with Crippen LogP contribution in [0, 0.1) is 29.1 Å². The Morgan fingerprint density at radius 3 is 1.82 bits per heavy atom. The molecule has 4 aromatic heterocycles. The van der Waals surface area contributed by atoms with Gasteiger partial charge in [-0.15, -0.1) is 5.10 Å². The Hall–Kier alpha value is -10.9. The second-order valence-electron chi connectivity index (χ2n) is 39.4. The number of fused-ring (bicyclic) bond motifs is 2. The van der Waals surface area contributed by atoms with E-state index in [-0.39, 0.29) is 97.1 Å². The number of aromatic carboxylic acids is 1. The van der Waals surface area contributed by atoms with Crippen molar-refractivity contribution in [2.24, 2.45) is 22.2 Å². The summed E-state index contributed by atoms with van der Waals surface area (Å²) in [5, 5.41) is 78.0. The quantitative estimate of drug-likeness (QED) is 0.0119. The number of nitrogens with zero attached hydrogens (tertiary/aromatic N) is 10. The standard InChI is InChI=1S/C102H140N14O32S2/c1-66(2)86(108-83(117)54-79(116-84(118)21-22-85(116)119)78-57-114(111-110-78)26-28-135-32-33-137-36-37-139-40-41-141-44-45-143-48-49-145-51-50-144-47-46-142-43-42-140-39-38-138-35-34-136-31-30-134-7)94(125)104-67(3)92(123)105-72-17-15-71(70(53-72)16-19-80-88(120)89(121)90(122)91(148-80)96(128)129)58-146-98(130)112(27-52-150(131,132)133)25-29-147-102-62-99(5)59-100(6,63-102)61-101(60-99,64-102)65-115-68(4)75(55-103-115)73-18-20-82(107-87(73)95(126)127)113-24-23-69-11-10-12-74(76(69)56-113)93(124)109-97-106-77-13-8-9-14-81(77)149-97/h8-15,17-18,20-22,53,55,57,66-67,79-80,86,88-91,120-122H,16,19,23-52,54,56,58-65H2,1-7H3,(H,104,125)(H,105,123)(H,108,117)(H,126,127)(H,128,129)(H,106,109,124)(H,131,132,133)/t67-,79-,80-,86-,88-,89-,90+,91-,99?,100?,101?,102?/m0/s1. The van der Waals surface area contributed by atoms with Crippen LogP contribution in [0.1, 0.15) is 147 Å². The van der Waals surface area contributed by atoms with E-state index in [0.29, 0.717) is 211 Å². The van der Waals surface area contributed by atoms with Crippen molar-refractivity contribution in [2.75, 3.05) is 207 Å². The smallest absolute Gasteiger partial charge is 0.410 e. The Morgan fingerprint density at radius 2 is 1.24 bits per heavy atom. The molecule has 7 aliphatic rings. The van der Waals surface area contributed by atoms with E-state index in [4.69, 9.17) is 81.1 Å². The SMILES string of the molecule is COCCOCCOCCOCCOCCOCCOCCOCCOCCOCCOCCOCCn1cc([C@H](CC(=O)N[C@H](C(=O)N[C@@H](C)C(=O)Nc2ccc(COC(=O)N(CCOC34CC5(C)CC(C)(CC(Cn6ncc(-c7ccc(N8CCc9cccc(C(=O)Nc%10nc%11ccccc%11s%10)c9C8)nc7C(=O)O)c6C)(C5)C3)C4)CCS(=O)(=O)O)c(CC[C@@H]3O[C@H](C(=O)O)[C@H](O)[C@@H](O)[C@H]3O)c2)C(C)C)N2C(=O)C=CC2=O)nn1. The Labute approximate surface area is 873 Å². The van der Waals surface area contributed by atoms with Gasteiger partial charge in [-0.1, -0.05) is 74.6 Å². The van der Waals surface area contributed by atoms with Crippen LogP contribution in [-0.4, -0.2) is 376 Å². The van der Waals surface area contributed by atoms with Crippen LogP contribution >= 0.6 is 11.3 Å². The van der Waals surface area contributed by atoms with Gasteiger partial charge in [-0.3, -0.25) is 48.2 Å². The fraction of sp³-hybridized carbons (Fsp3) is 0.608. The van der Waals surface area contributed by atoms with E-state index >= 15 is 0 Å². The van der Waals surface area contributed by atoms with Gasteiger partial charge in [0.2, 0.25) is 17.7 Å². The minimum Gasteiger partial charge on any atom is -0.479 e. The topological polar surface area (TPSA) is 580 Å². The highest BCUT2D eigenvalue weighted by Crippen LogP contribution is 2.72. The lowest BCUT2D eigenvalue weighted by molar-refractivity contribution is -0.248. The van der Waals surface area contributed by atoms with Gasteiger partial charge in [-0.2, -0.15) is 13.5 Å². The van der Waals surface area contributed by atoms with Gasteiger partial charge in [0.15, 0.2) is 16.9 Å². The number of thiazole rings is 1. The summed E-state index contributed by atoms with van der Waals surface area (Å²) in [6.07, 6.45) is -0.720. The van der Waals surface area contributed by atoms with Gasteiger partial charge in [0.05, 0.1) is 218 Å². The number of amides is 7. The zero-order valence-electron chi connectivity index (χ0n) is 85.7. The molecule has 150 heavy (non-hydrogen) atoms. The fourth-order valence-corrected chi connectivity index (χ4v) is 22.4. The molecule has 822 valence electrons. The third-order valence-electron chi connectivity index (χ3n) is 27.2. The average Bonchev–Trinajstić information content (AvgIpc) is 0.950. The number of para-hydroxylation sites is 1. The maximum Gasteiger partial charge on any atom is 0.410 e. The number of carbonyl (C=O) groups excluding carboxylic acids is 7. The third kappa shape index (κ3) is 33.0. The first-order valence-corrected chi connectivity index (χ1v) is 53.0. The molecule has 7 amide bonds. The first-order valence-electron chi connectivity index (χ1n) is 50.6. The fourth-order valence-electron chi connectivity index (χ4n) is 21.1. The number of nitrogens with one attached hydrogen (secondary N) is 4. The largest absolute Gasteiger partial charge is 0.479 e. The molecular weight excluding hydrogens is 2000 g/mol. The van der Waals surface area contributed by atoms with Gasteiger partial charge in [0, 0.05) is 80.1 Å². The van der Waals surface area contributed by atoms with E-state index in [2.05, 4.69) is 50.4 Å². The molecule has 46 nitrogen and oxygen atoms in total. The molecule has 3 aliphatic heterocycles. The number of aliphatic hydroxyl groups is 3. The van der Waals surface area contributed by atoms with Crippen molar-refractivity contribution in [1.82, 2.24) is 55.2 Å². The van der Waals surface area contributed by atoms with Crippen molar-refractivity contribution in [3.8, 4) is 11.1 Å². The number of ether oxygens (including phenoxy) is 15. The lowest BCUT2D eigenvalue weighted by atomic mass is 9.39. The first kappa shape index (κ1) is 116. The van der Waals surface area contributed by atoms with Crippen LogP contribution in [0.3, 0.4) is 0 Å². The van der Waals surface area contributed by atoms with Crippen molar-refractivity contribution in [1.29, 1.82) is 0 Å². The number of aryl methyl sites for hydroxylation is 1. The summed E-state index contributed by atoms with van der Waals surface area (Å²) < 4.78 is 124. The van der Waals surface area contributed by atoms with Crippen molar-refractivity contribution >= 4 is 102 Å². The number of anilines is 3. The van der Waals surface area contributed by atoms with E-state index in [1.807, 2.05) is 52.9 Å². The van der Waals surface area contributed by atoms with Crippen molar-refractivity contribution < 1.29 is 153 Å². The Balaban J connectivity index is 0.558. The summed E-state index contributed by atoms with van der Waals surface area (Å²) >= 11 is 1.38. The molecule has 48 heteroatoms. The second kappa shape index (κ2) is 55.6. The highest BCUT2D eigenvalue weighted by Gasteiger charge is 2.66. The van der Waals surface area contributed by atoms with Crippen molar-refractivity contribution in [3.63, 3.8) is 0 Å². The summed E-state index contributed by atoms with van der Waals surface area (Å²) in [7, 11) is -3.05. The summed E-state index contributed by atoms with van der Waals surface area (Å²) in [5.74, 6) is -8.01. The van der Waals surface area contributed by atoms with Gasteiger partial charge in [-0.25, -0.2) is 29.0 Å². The Bertz CT molecular complexity index is 5780. The maximum absolute atomic E-state index is 14.5. The highest BCUT2D eigenvalue weighted by atomic mass is 32.2. The number of hydrogen-bond acceptors (Lipinski definition) is 36. The van der Waals surface area contributed by atoms with E-state index in [1.54, 1.807) is 45.4 Å². The summed E-state index contributed by atoms with van der Waals surface area (Å²) in [5.41, 5.74) is 3.81. The van der Waals surface area contributed by atoms with Crippen LogP contribution in [0.2, 0.25) is 0 Å². The minimum absolute atomic E-state index is 0.0784. The molecule has 4 aliphatic carbocycles. The maximum atomic E-state index is 14.5. The predicted molar refractivity (Wildman–Crippen MR) is 540 cm³/mol. The second-order valence-corrected chi connectivity index (χ2v) is 42.0. The molecular formula is C102H140N14O32S2. The first-order chi connectivity index (χ1) is 72.0. The molecule has 2 unspecified atom stereocenters. The van der Waals surface area contributed by atoms with Crippen LogP contribution in [0.5, 0.6) is 0 Å². The van der Waals surface area contributed by atoms with Gasteiger partial charge in [0.25, 0.3) is 27.8 Å². The van der Waals surface area contributed by atoms with Crippen LogP contribution < -0.4 is 26.2 Å². The molecule has 10 N–H and O–H groups in total. The number of aliphatic carboxylic acids is 1. The Morgan fingerprint density at radius 1 is 0.640 bits per heavy atom. The third-order valence-corrected chi connectivity index (χ3v) is 28.8. The normalized spacial score (nSPS) is 21.5. The lowest BCUT2D eigenvalue weighted by Crippen LogP contribution is -2.64. The van der Waals surface area contributed by atoms with Crippen LogP contribution in [0.25, 0.3) is 21.3 Å². The molecule has 0 radical (unpaired) electrons. The number of benzene rings is 3. The molecule has 4 saturated carbocycles. The number of imide groups is 1. The number of aliphatic hydroxyl groups excluding tert-OH is 3. The number of hydrogen-bond donors (Lipinski definition) is 10. The molecule has 5 fully saturated rings. The van der Waals surface area contributed by atoms with Crippen LogP contribution in [0.4, 0.5) is 21.4 Å². The van der Waals surface area contributed by atoms with Crippen molar-refractivity contribution in [2.45, 2.75) is 186 Å². The Kier molecular flexibility index (Phi) is 43.0. The van der Waals surface area contributed by atoms with Crippen molar-refractivity contribution in [3.05, 3.63) is 142 Å². The number of pyridine rings is 1. The zero-order valence-corrected chi connectivity index (χ0v) is 87.4. The minimum atomic E-state index is -4.67. The lowest BCUT2D eigenvalue weighted by Gasteiger charge is -2.69. The van der Waals surface area contributed by atoms with Crippen LogP contribution in [0.15, 0.2) is 97.3 Å². The molecule has 10 atom stereocenters. The highest BCUT2D eigenvalue weighted by molar-refractivity contribution is 7.85. The summed E-state index contributed by atoms with van der Waals surface area (Å²) in [6.45, 7) is 20.5. The van der Waals surface area contributed by atoms with E-state index in [9.17, 15) is 81.7 Å². The number of carbonyl (C=O) groups is 9. The molecule has 14 rings (SSSR count). The van der Waals surface area contributed by atoms with Gasteiger partial charge >= 0.3 is 18.0 Å². The number of carboxylic acid groups (broad SMARTS) is 2. The summed E-state index contributed by atoms with van der Waals surface area (Å²) in [4.78, 5) is 136. The monoisotopic (exact) mass is 2140 g/mol. The number of rotatable bonds is 66. The zero-order chi connectivity index (χ0) is 107. The molecule has 7 heterocycles.